The third-order valence-electron chi connectivity index (χ3n) is 5.05. The standard InChI is InChI=1S/C25H23N3O4/c1-17-14-22(18(2)28(17)27-25(31)21-6-4-3-5-7-21)23(29)16-32-24(30)13-12-19-8-10-20(15-26)11-9-19/h3-11,14H,12-13,16H2,1-2H3,(H,27,31). The van der Waals surface area contributed by atoms with Crippen molar-refractivity contribution in [1.29, 1.82) is 5.26 Å². The number of aryl methyl sites for hydroxylation is 2. The van der Waals surface area contributed by atoms with Gasteiger partial charge in [-0.05, 0) is 56.2 Å². The van der Waals surface area contributed by atoms with E-state index in [4.69, 9.17) is 10.00 Å². The number of amides is 1. The van der Waals surface area contributed by atoms with Crippen molar-refractivity contribution in [2.24, 2.45) is 0 Å². The lowest BCUT2D eigenvalue weighted by Crippen LogP contribution is -2.25. The van der Waals surface area contributed by atoms with Crippen LogP contribution in [0.25, 0.3) is 0 Å². The van der Waals surface area contributed by atoms with Crippen LogP contribution in [0.1, 0.15) is 49.7 Å². The summed E-state index contributed by atoms with van der Waals surface area (Å²) in [5.74, 6) is -1.11. The van der Waals surface area contributed by atoms with Gasteiger partial charge in [0, 0.05) is 28.9 Å². The fraction of sp³-hybridized carbons (Fsp3) is 0.200. The normalized spacial score (nSPS) is 10.3. The van der Waals surface area contributed by atoms with Crippen LogP contribution < -0.4 is 5.43 Å². The molecule has 0 bridgehead atoms. The van der Waals surface area contributed by atoms with Gasteiger partial charge >= 0.3 is 5.97 Å². The topological polar surface area (TPSA) is 101 Å². The van der Waals surface area contributed by atoms with E-state index in [9.17, 15) is 14.4 Å². The van der Waals surface area contributed by atoms with E-state index in [1.165, 1.54) is 0 Å². The van der Waals surface area contributed by atoms with Crippen molar-refractivity contribution in [3.05, 3.63) is 94.3 Å². The summed E-state index contributed by atoms with van der Waals surface area (Å²) >= 11 is 0. The Labute approximate surface area is 186 Å². The van der Waals surface area contributed by atoms with Gasteiger partial charge in [0.1, 0.15) is 0 Å². The van der Waals surface area contributed by atoms with Gasteiger partial charge in [-0.3, -0.25) is 24.5 Å². The van der Waals surface area contributed by atoms with Gasteiger partial charge in [0.25, 0.3) is 5.91 Å². The number of nitrogens with zero attached hydrogens (tertiary/aromatic N) is 2. The Hall–Kier alpha value is -4.18. The number of benzene rings is 2. The Morgan fingerprint density at radius 3 is 2.38 bits per heavy atom. The number of ether oxygens (including phenoxy) is 1. The molecular weight excluding hydrogens is 406 g/mol. The molecule has 7 heteroatoms. The second-order valence-corrected chi connectivity index (χ2v) is 7.32. The van der Waals surface area contributed by atoms with E-state index >= 15 is 0 Å². The Morgan fingerprint density at radius 2 is 1.72 bits per heavy atom. The first kappa shape index (κ1) is 22.5. The zero-order chi connectivity index (χ0) is 23.1. The molecule has 32 heavy (non-hydrogen) atoms. The SMILES string of the molecule is Cc1cc(C(=O)COC(=O)CCc2ccc(C#N)cc2)c(C)n1NC(=O)c1ccccc1. The Morgan fingerprint density at radius 1 is 1.03 bits per heavy atom. The fourth-order valence-electron chi connectivity index (χ4n) is 3.26. The van der Waals surface area contributed by atoms with Crippen molar-refractivity contribution in [2.45, 2.75) is 26.7 Å². The maximum absolute atomic E-state index is 12.6. The van der Waals surface area contributed by atoms with Gasteiger partial charge in [0.15, 0.2) is 6.61 Å². The van der Waals surface area contributed by atoms with Crippen LogP contribution in [0.4, 0.5) is 0 Å². The lowest BCUT2D eigenvalue weighted by Gasteiger charge is -2.11. The van der Waals surface area contributed by atoms with Gasteiger partial charge < -0.3 is 4.74 Å². The summed E-state index contributed by atoms with van der Waals surface area (Å²) in [5.41, 5.74) is 6.37. The second kappa shape index (κ2) is 10.2. The number of rotatable bonds is 8. The van der Waals surface area contributed by atoms with Crippen molar-refractivity contribution >= 4 is 17.7 Å². The largest absolute Gasteiger partial charge is 0.457 e. The summed E-state index contributed by atoms with van der Waals surface area (Å²) in [6.45, 7) is 3.13. The smallest absolute Gasteiger partial charge is 0.306 e. The van der Waals surface area contributed by atoms with Crippen molar-refractivity contribution in [3.63, 3.8) is 0 Å². The van der Waals surface area contributed by atoms with Gasteiger partial charge in [-0.25, -0.2) is 0 Å². The minimum atomic E-state index is -0.478. The molecule has 0 spiro atoms. The molecule has 0 radical (unpaired) electrons. The molecule has 3 rings (SSSR count). The van der Waals surface area contributed by atoms with Crippen LogP contribution in [-0.4, -0.2) is 28.9 Å². The van der Waals surface area contributed by atoms with E-state index in [0.29, 0.717) is 34.5 Å². The molecule has 1 heterocycles. The average molecular weight is 429 g/mol. The highest BCUT2D eigenvalue weighted by molar-refractivity contribution is 6.01. The zero-order valence-corrected chi connectivity index (χ0v) is 17.9. The second-order valence-electron chi connectivity index (χ2n) is 7.32. The summed E-state index contributed by atoms with van der Waals surface area (Å²) in [7, 11) is 0. The van der Waals surface area contributed by atoms with E-state index in [1.54, 1.807) is 73.1 Å². The van der Waals surface area contributed by atoms with Crippen molar-refractivity contribution in [1.82, 2.24) is 4.68 Å². The van der Waals surface area contributed by atoms with Crippen molar-refractivity contribution in [2.75, 3.05) is 12.0 Å². The molecule has 1 N–H and O–H groups in total. The highest BCUT2D eigenvalue weighted by Gasteiger charge is 2.19. The molecule has 0 aliphatic rings. The molecule has 0 unspecified atom stereocenters. The van der Waals surface area contributed by atoms with Gasteiger partial charge in [-0.2, -0.15) is 5.26 Å². The first-order valence-corrected chi connectivity index (χ1v) is 10.1. The number of hydrogen-bond acceptors (Lipinski definition) is 5. The quantitative estimate of drug-likeness (QED) is 0.434. The number of aromatic nitrogens is 1. The minimum absolute atomic E-state index is 0.130. The lowest BCUT2D eigenvalue weighted by atomic mass is 10.1. The average Bonchev–Trinajstić information content (AvgIpc) is 3.10. The number of ketones is 1. The molecule has 7 nitrogen and oxygen atoms in total. The molecular formula is C25H23N3O4. The molecule has 0 atom stereocenters. The summed E-state index contributed by atoms with van der Waals surface area (Å²) in [6, 6.07) is 19.4. The van der Waals surface area contributed by atoms with Crippen molar-refractivity contribution in [3.8, 4) is 6.07 Å². The van der Waals surface area contributed by atoms with Crippen LogP contribution >= 0.6 is 0 Å². The summed E-state index contributed by atoms with van der Waals surface area (Å²) in [5, 5.41) is 8.82. The lowest BCUT2D eigenvalue weighted by molar-refractivity contribution is -0.142. The zero-order valence-electron chi connectivity index (χ0n) is 17.9. The molecule has 0 saturated heterocycles. The van der Waals surface area contributed by atoms with Gasteiger partial charge in [-0.1, -0.05) is 30.3 Å². The van der Waals surface area contributed by atoms with E-state index in [-0.39, 0.29) is 24.7 Å². The number of nitrogens with one attached hydrogen (secondary N) is 1. The maximum Gasteiger partial charge on any atom is 0.306 e. The van der Waals surface area contributed by atoms with Gasteiger partial charge in [-0.15, -0.1) is 0 Å². The monoisotopic (exact) mass is 429 g/mol. The number of carbonyl (C=O) groups excluding carboxylic acids is 3. The van der Waals surface area contributed by atoms with E-state index in [0.717, 1.165) is 5.56 Å². The molecule has 3 aromatic rings. The Kier molecular flexibility index (Phi) is 7.19. The van der Waals surface area contributed by atoms with E-state index in [2.05, 4.69) is 5.43 Å². The first-order valence-electron chi connectivity index (χ1n) is 10.1. The Bertz CT molecular complexity index is 1170. The highest BCUT2D eigenvalue weighted by Crippen LogP contribution is 2.15. The van der Waals surface area contributed by atoms with Crippen LogP contribution in [0.15, 0.2) is 60.7 Å². The fourth-order valence-corrected chi connectivity index (χ4v) is 3.26. The molecule has 0 saturated carbocycles. The Balaban J connectivity index is 1.55. The number of nitriles is 1. The van der Waals surface area contributed by atoms with Gasteiger partial charge in [0.05, 0.1) is 11.6 Å². The highest BCUT2D eigenvalue weighted by atomic mass is 16.5. The molecule has 2 aromatic carbocycles. The van der Waals surface area contributed by atoms with Gasteiger partial charge in [0.2, 0.25) is 5.78 Å². The molecule has 162 valence electrons. The first-order chi connectivity index (χ1) is 15.4. The summed E-state index contributed by atoms with van der Waals surface area (Å²) in [4.78, 5) is 37.1. The molecule has 0 fully saturated rings. The molecule has 1 amide bonds. The van der Waals surface area contributed by atoms with E-state index in [1.807, 2.05) is 12.1 Å². The molecule has 0 aliphatic heterocycles. The van der Waals surface area contributed by atoms with Crippen LogP contribution in [0, 0.1) is 25.2 Å². The van der Waals surface area contributed by atoms with Crippen LogP contribution in [0.2, 0.25) is 0 Å². The molecule has 1 aromatic heterocycles. The maximum atomic E-state index is 12.6. The van der Waals surface area contributed by atoms with Crippen LogP contribution in [-0.2, 0) is 16.0 Å². The number of esters is 1. The van der Waals surface area contributed by atoms with Crippen molar-refractivity contribution < 1.29 is 19.1 Å². The van der Waals surface area contributed by atoms with E-state index < -0.39 is 5.97 Å². The predicted octanol–water partition coefficient (Wildman–Crippen LogP) is 3.72. The van der Waals surface area contributed by atoms with Crippen LogP contribution in [0.3, 0.4) is 0 Å². The number of carbonyl (C=O) groups is 3. The van der Waals surface area contributed by atoms with Crippen LogP contribution in [0.5, 0.6) is 0 Å². The number of Topliss-reactive ketones (excluding diaryl/α,β-unsaturated/α-hetero) is 1. The third-order valence-corrected chi connectivity index (χ3v) is 5.05. The molecule has 0 aliphatic carbocycles. The third kappa shape index (κ3) is 5.49. The summed E-state index contributed by atoms with van der Waals surface area (Å²) < 4.78 is 6.69. The summed E-state index contributed by atoms with van der Waals surface area (Å²) in [6.07, 6.45) is 0.587. The predicted molar refractivity (Wildman–Crippen MR) is 119 cm³/mol. The minimum Gasteiger partial charge on any atom is -0.457 e. The number of hydrogen-bond donors (Lipinski definition) is 1.